The fourth-order valence-corrected chi connectivity index (χ4v) is 1.99. The molecule has 0 saturated carbocycles. The first-order chi connectivity index (χ1) is 10.7. The van der Waals surface area contributed by atoms with Crippen LogP contribution < -0.4 is 15.4 Å². The fourth-order valence-electron chi connectivity index (χ4n) is 1.99. The summed E-state index contributed by atoms with van der Waals surface area (Å²) in [5, 5.41) is 6.45. The minimum absolute atomic E-state index is 0.592. The summed E-state index contributed by atoms with van der Waals surface area (Å²) in [6.07, 6.45) is 0.882. The number of benzene rings is 1. The Morgan fingerprint density at radius 1 is 1.14 bits per heavy atom. The Morgan fingerprint density at radius 3 is 2.50 bits per heavy atom. The van der Waals surface area contributed by atoms with Gasteiger partial charge >= 0.3 is 0 Å². The lowest BCUT2D eigenvalue weighted by Gasteiger charge is -2.13. The van der Waals surface area contributed by atoms with Crippen molar-refractivity contribution in [2.24, 2.45) is 4.99 Å². The van der Waals surface area contributed by atoms with Crippen molar-refractivity contribution >= 4 is 5.96 Å². The molecule has 0 aliphatic heterocycles. The van der Waals surface area contributed by atoms with Gasteiger partial charge in [-0.2, -0.15) is 0 Å². The SMILES string of the molecule is CCNC(=NCc1ccc(C)cc1OCCCOC)NCC. The maximum Gasteiger partial charge on any atom is 0.191 e. The Bertz CT molecular complexity index is 453. The van der Waals surface area contributed by atoms with Crippen LogP contribution >= 0.6 is 0 Å². The molecule has 1 aromatic rings. The quantitative estimate of drug-likeness (QED) is 0.418. The van der Waals surface area contributed by atoms with Gasteiger partial charge in [-0.15, -0.1) is 0 Å². The van der Waals surface area contributed by atoms with Crippen molar-refractivity contribution in [1.82, 2.24) is 10.6 Å². The van der Waals surface area contributed by atoms with E-state index in [0.29, 0.717) is 19.8 Å². The van der Waals surface area contributed by atoms with Gasteiger partial charge in [-0.25, -0.2) is 4.99 Å². The summed E-state index contributed by atoms with van der Waals surface area (Å²) in [5.74, 6) is 1.74. The van der Waals surface area contributed by atoms with E-state index in [2.05, 4.69) is 54.6 Å². The first kappa shape index (κ1) is 18.3. The van der Waals surface area contributed by atoms with Gasteiger partial charge in [-0.1, -0.05) is 12.1 Å². The van der Waals surface area contributed by atoms with E-state index in [9.17, 15) is 0 Å². The number of hydrogen-bond acceptors (Lipinski definition) is 3. The van der Waals surface area contributed by atoms with E-state index in [0.717, 1.165) is 36.8 Å². The number of aryl methyl sites for hydroxylation is 1. The van der Waals surface area contributed by atoms with Crippen LogP contribution in [0.1, 0.15) is 31.4 Å². The topological polar surface area (TPSA) is 54.9 Å². The monoisotopic (exact) mass is 307 g/mol. The first-order valence-electron chi connectivity index (χ1n) is 7.94. The highest BCUT2D eigenvalue weighted by molar-refractivity contribution is 5.79. The molecule has 0 spiro atoms. The van der Waals surface area contributed by atoms with Crippen LogP contribution in [0.15, 0.2) is 23.2 Å². The molecule has 0 saturated heterocycles. The summed E-state index contributed by atoms with van der Waals surface area (Å²) in [6.45, 7) is 9.84. The molecule has 22 heavy (non-hydrogen) atoms. The zero-order chi connectivity index (χ0) is 16.2. The summed E-state index contributed by atoms with van der Waals surface area (Å²) in [4.78, 5) is 4.60. The number of guanidine groups is 1. The molecule has 0 bridgehead atoms. The average Bonchev–Trinajstić information content (AvgIpc) is 2.51. The number of nitrogens with one attached hydrogen (secondary N) is 2. The molecule has 5 heteroatoms. The Hall–Kier alpha value is -1.75. The maximum absolute atomic E-state index is 5.88. The summed E-state index contributed by atoms with van der Waals surface area (Å²) in [7, 11) is 1.70. The van der Waals surface area contributed by atoms with E-state index < -0.39 is 0 Å². The third-order valence-electron chi connectivity index (χ3n) is 3.07. The van der Waals surface area contributed by atoms with Gasteiger partial charge in [-0.05, 0) is 32.4 Å². The maximum atomic E-state index is 5.88. The van der Waals surface area contributed by atoms with Gasteiger partial charge in [-0.3, -0.25) is 0 Å². The number of methoxy groups -OCH3 is 1. The summed E-state index contributed by atoms with van der Waals surface area (Å²) in [6, 6.07) is 6.24. The van der Waals surface area contributed by atoms with Crippen molar-refractivity contribution in [3.63, 3.8) is 0 Å². The molecule has 0 unspecified atom stereocenters. The Morgan fingerprint density at radius 2 is 1.86 bits per heavy atom. The molecule has 0 aromatic heterocycles. The second-order valence-electron chi connectivity index (χ2n) is 5.03. The van der Waals surface area contributed by atoms with Crippen LogP contribution in [0.2, 0.25) is 0 Å². The van der Waals surface area contributed by atoms with Crippen molar-refractivity contribution in [3.8, 4) is 5.75 Å². The van der Waals surface area contributed by atoms with Crippen molar-refractivity contribution < 1.29 is 9.47 Å². The van der Waals surface area contributed by atoms with Crippen molar-refractivity contribution in [1.29, 1.82) is 0 Å². The number of aliphatic imine (C=N–C) groups is 1. The number of hydrogen-bond donors (Lipinski definition) is 2. The summed E-state index contributed by atoms with van der Waals surface area (Å²) >= 11 is 0. The first-order valence-corrected chi connectivity index (χ1v) is 7.94. The van der Waals surface area contributed by atoms with Crippen LogP contribution in [-0.4, -0.2) is 39.4 Å². The van der Waals surface area contributed by atoms with Crippen molar-refractivity contribution in [2.45, 2.75) is 33.7 Å². The van der Waals surface area contributed by atoms with Crippen LogP contribution in [0.5, 0.6) is 5.75 Å². The zero-order valence-corrected chi connectivity index (χ0v) is 14.2. The van der Waals surface area contributed by atoms with Crippen LogP contribution in [0.3, 0.4) is 0 Å². The average molecular weight is 307 g/mol. The van der Waals surface area contributed by atoms with Crippen LogP contribution in [-0.2, 0) is 11.3 Å². The molecule has 0 aliphatic carbocycles. The van der Waals surface area contributed by atoms with E-state index >= 15 is 0 Å². The van der Waals surface area contributed by atoms with E-state index in [1.165, 1.54) is 5.56 Å². The second-order valence-corrected chi connectivity index (χ2v) is 5.03. The van der Waals surface area contributed by atoms with Gasteiger partial charge in [0.1, 0.15) is 5.75 Å². The molecule has 0 amide bonds. The predicted octanol–water partition coefficient (Wildman–Crippen LogP) is 2.49. The van der Waals surface area contributed by atoms with Crippen LogP contribution in [0, 0.1) is 6.92 Å². The number of nitrogens with zero attached hydrogens (tertiary/aromatic N) is 1. The lowest BCUT2D eigenvalue weighted by molar-refractivity contribution is 0.172. The third-order valence-corrected chi connectivity index (χ3v) is 3.07. The molecule has 1 rings (SSSR count). The minimum Gasteiger partial charge on any atom is -0.493 e. The molecule has 2 N–H and O–H groups in total. The standard InChI is InChI=1S/C17H29N3O2/c1-5-18-17(19-6-2)20-13-15-9-8-14(3)12-16(15)22-11-7-10-21-4/h8-9,12H,5-7,10-11,13H2,1-4H3,(H2,18,19,20). The molecule has 0 fully saturated rings. The lowest BCUT2D eigenvalue weighted by Crippen LogP contribution is -2.36. The second kappa shape index (κ2) is 10.9. The molecule has 5 nitrogen and oxygen atoms in total. The normalized spacial score (nSPS) is 10.2. The molecular formula is C17H29N3O2. The van der Waals surface area contributed by atoms with E-state index in [4.69, 9.17) is 9.47 Å². The Balaban J connectivity index is 2.73. The number of ether oxygens (including phenoxy) is 2. The molecular weight excluding hydrogens is 278 g/mol. The predicted molar refractivity (Wildman–Crippen MR) is 91.7 cm³/mol. The minimum atomic E-state index is 0.592. The van der Waals surface area contributed by atoms with E-state index in [1.807, 2.05) is 0 Å². The van der Waals surface area contributed by atoms with Gasteiger partial charge < -0.3 is 20.1 Å². The molecule has 0 heterocycles. The van der Waals surface area contributed by atoms with E-state index in [-0.39, 0.29) is 0 Å². The summed E-state index contributed by atoms with van der Waals surface area (Å²) in [5.41, 5.74) is 2.28. The van der Waals surface area contributed by atoms with Gasteiger partial charge in [0.15, 0.2) is 5.96 Å². The fraction of sp³-hybridized carbons (Fsp3) is 0.588. The highest BCUT2D eigenvalue weighted by Crippen LogP contribution is 2.21. The molecule has 124 valence electrons. The highest BCUT2D eigenvalue weighted by atomic mass is 16.5. The molecule has 0 aliphatic rings. The van der Waals surface area contributed by atoms with Gasteiger partial charge in [0.2, 0.25) is 0 Å². The zero-order valence-electron chi connectivity index (χ0n) is 14.2. The molecule has 0 atom stereocenters. The van der Waals surface area contributed by atoms with Crippen LogP contribution in [0.4, 0.5) is 0 Å². The van der Waals surface area contributed by atoms with Gasteiger partial charge in [0.25, 0.3) is 0 Å². The molecule has 1 aromatic carbocycles. The van der Waals surface area contributed by atoms with Crippen LogP contribution in [0.25, 0.3) is 0 Å². The molecule has 0 radical (unpaired) electrons. The smallest absolute Gasteiger partial charge is 0.191 e. The lowest BCUT2D eigenvalue weighted by atomic mass is 10.1. The Kier molecular flexibility index (Phi) is 9.07. The van der Waals surface area contributed by atoms with Crippen molar-refractivity contribution in [2.75, 3.05) is 33.4 Å². The highest BCUT2D eigenvalue weighted by Gasteiger charge is 2.05. The van der Waals surface area contributed by atoms with Crippen molar-refractivity contribution in [3.05, 3.63) is 29.3 Å². The van der Waals surface area contributed by atoms with Gasteiger partial charge in [0, 0.05) is 38.8 Å². The third kappa shape index (κ3) is 6.80. The Labute approximate surface area is 134 Å². The summed E-state index contributed by atoms with van der Waals surface area (Å²) < 4.78 is 10.9. The largest absolute Gasteiger partial charge is 0.493 e. The van der Waals surface area contributed by atoms with E-state index in [1.54, 1.807) is 7.11 Å². The number of rotatable bonds is 9. The van der Waals surface area contributed by atoms with Gasteiger partial charge in [0.05, 0.1) is 13.2 Å².